The van der Waals surface area contributed by atoms with E-state index in [0.717, 1.165) is 11.5 Å². The van der Waals surface area contributed by atoms with Crippen molar-refractivity contribution >= 4 is 27.8 Å². The van der Waals surface area contributed by atoms with Crippen molar-refractivity contribution in [1.82, 2.24) is 4.72 Å². The fourth-order valence-corrected chi connectivity index (χ4v) is 2.92. The third-order valence-corrected chi connectivity index (χ3v) is 3.91. The molecule has 0 fully saturated rings. The molecule has 0 aromatic heterocycles. The first kappa shape index (κ1) is 14.7. The first-order valence-electron chi connectivity index (χ1n) is 4.67. The monoisotopic (exact) mass is 255 g/mol. The molecule has 0 aromatic rings. The van der Waals surface area contributed by atoms with Gasteiger partial charge < -0.3 is 5.11 Å². The average molecular weight is 255 g/mol. The van der Waals surface area contributed by atoms with Gasteiger partial charge in [-0.2, -0.15) is 11.8 Å². The van der Waals surface area contributed by atoms with Crippen LogP contribution in [0.25, 0.3) is 0 Å². The first-order chi connectivity index (χ1) is 6.87. The molecular weight excluding hydrogens is 238 g/mol. The Balaban J connectivity index is 3.94. The van der Waals surface area contributed by atoms with Gasteiger partial charge in [-0.25, -0.2) is 13.1 Å². The number of nitrogens with one attached hydrogen (secondary N) is 1. The van der Waals surface area contributed by atoms with Gasteiger partial charge in [-0.15, -0.1) is 0 Å². The lowest BCUT2D eigenvalue weighted by molar-refractivity contribution is -0.134. The molecule has 1 atom stereocenters. The van der Waals surface area contributed by atoms with Crippen molar-refractivity contribution in [3.63, 3.8) is 0 Å². The Morgan fingerprint density at radius 1 is 1.53 bits per heavy atom. The third kappa shape index (κ3) is 8.71. The SMILES string of the molecule is CCSCCC(C)NS(=O)(=O)CC(=O)O. The largest absolute Gasteiger partial charge is 0.480 e. The molecule has 0 bridgehead atoms. The molecule has 5 nitrogen and oxygen atoms in total. The fraction of sp³-hybridized carbons (Fsp3) is 0.875. The fourth-order valence-electron chi connectivity index (χ4n) is 0.974. The maximum atomic E-state index is 11.2. The number of sulfonamides is 1. The normalized spacial score (nSPS) is 13.7. The minimum absolute atomic E-state index is 0.214. The minimum Gasteiger partial charge on any atom is -0.480 e. The summed E-state index contributed by atoms with van der Waals surface area (Å²) in [5.74, 6) is -0.335. The maximum absolute atomic E-state index is 11.2. The predicted molar refractivity (Wildman–Crippen MR) is 61.6 cm³/mol. The van der Waals surface area contributed by atoms with Crippen molar-refractivity contribution in [3.8, 4) is 0 Å². The van der Waals surface area contributed by atoms with Crippen LogP contribution in [0, 0.1) is 0 Å². The molecule has 0 saturated heterocycles. The molecule has 2 N–H and O–H groups in total. The van der Waals surface area contributed by atoms with Crippen molar-refractivity contribution in [2.24, 2.45) is 0 Å². The molecule has 0 aromatic carbocycles. The minimum atomic E-state index is -3.68. The zero-order valence-corrected chi connectivity index (χ0v) is 10.5. The Kier molecular flexibility index (Phi) is 6.95. The molecule has 7 heteroatoms. The van der Waals surface area contributed by atoms with E-state index in [1.54, 1.807) is 18.7 Å². The lowest BCUT2D eigenvalue weighted by Crippen LogP contribution is -2.36. The summed E-state index contributed by atoms with van der Waals surface area (Å²) in [4.78, 5) is 10.2. The van der Waals surface area contributed by atoms with Crippen molar-refractivity contribution in [3.05, 3.63) is 0 Å². The van der Waals surface area contributed by atoms with E-state index in [1.165, 1.54) is 0 Å². The Bertz CT molecular complexity index is 289. The summed E-state index contributed by atoms with van der Waals surface area (Å²) in [6.45, 7) is 3.76. The summed E-state index contributed by atoms with van der Waals surface area (Å²) in [7, 11) is -3.68. The molecule has 0 rings (SSSR count). The summed E-state index contributed by atoms with van der Waals surface area (Å²) < 4.78 is 24.7. The van der Waals surface area contributed by atoms with Gasteiger partial charge in [-0.3, -0.25) is 4.79 Å². The van der Waals surface area contributed by atoms with Crippen LogP contribution in [-0.2, 0) is 14.8 Å². The molecular formula is C8H17NO4S2. The highest BCUT2D eigenvalue weighted by atomic mass is 32.2. The molecule has 15 heavy (non-hydrogen) atoms. The van der Waals surface area contributed by atoms with Crippen LogP contribution in [0.2, 0.25) is 0 Å². The van der Waals surface area contributed by atoms with Crippen molar-refractivity contribution in [2.75, 3.05) is 17.3 Å². The summed E-state index contributed by atoms with van der Waals surface area (Å²) in [5.41, 5.74) is 0. The second-order valence-corrected chi connectivity index (χ2v) is 6.31. The highest BCUT2D eigenvalue weighted by Crippen LogP contribution is 2.04. The molecule has 0 heterocycles. The van der Waals surface area contributed by atoms with Gasteiger partial charge >= 0.3 is 5.97 Å². The highest BCUT2D eigenvalue weighted by molar-refractivity contribution is 7.99. The van der Waals surface area contributed by atoms with Gasteiger partial charge in [0, 0.05) is 6.04 Å². The number of hydrogen-bond acceptors (Lipinski definition) is 4. The number of hydrogen-bond donors (Lipinski definition) is 2. The molecule has 0 radical (unpaired) electrons. The zero-order chi connectivity index (χ0) is 11.9. The predicted octanol–water partition coefficient (Wildman–Crippen LogP) is 0.522. The Morgan fingerprint density at radius 3 is 2.60 bits per heavy atom. The van der Waals surface area contributed by atoms with Crippen molar-refractivity contribution in [2.45, 2.75) is 26.3 Å². The maximum Gasteiger partial charge on any atom is 0.320 e. The van der Waals surface area contributed by atoms with Gasteiger partial charge in [-0.05, 0) is 24.9 Å². The number of carbonyl (C=O) groups is 1. The van der Waals surface area contributed by atoms with E-state index in [2.05, 4.69) is 4.72 Å². The van der Waals surface area contributed by atoms with Gasteiger partial charge in [0.25, 0.3) is 0 Å². The van der Waals surface area contributed by atoms with E-state index in [0.29, 0.717) is 6.42 Å². The van der Waals surface area contributed by atoms with E-state index < -0.39 is 21.7 Å². The average Bonchev–Trinajstić information content (AvgIpc) is 2.00. The van der Waals surface area contributed by atoms with Crippen LogP contribution in [0.3, 0.4) is 0 Å². The van der Waals surface area contributed by atoms with Crippen LogP contribution in [0.5, 0.6) is 0 Å². The van der Waals surface area contributed by atoms with Crippen LogP contribution in [0.15, 0.2) is 0 Å². The number of thioether (sulfide) groups is 1. The van der Waals surface area contributed by atoms with Gasteiger partial charge in [0.15, 0.2) is 5.75 Å². The van der Waals surface area contributed by atoms with Gasteiger partial charge in [0.1, 0.15) is 0 Å². The van der Waals surface area contributed by atoms with E-state index in [-0.39, 0.29) is 6.04 Å². The van der Waals surface area contributed by atoms with Crippen LogP contribution in [-0.4, -0.2) is 42.8 Å². The van der Waals surface area contributed by atoms with Crippen molar-refractivity contribution in [1.29, 1.82) is 0 Å². The van der Waals surface area contributed by atoms with Gasteiger partial charge in [0.05, 0.1) is 0 Å². The number of carboxylic acids is 1. The lowest BCUT2D eigenvalue weighted by atomic mass is 10.3. The van der Waals surface area contributed by atoms with Gasteiger partial charge in [-0.1, -0.05) is 6.92 Å². The summed E-state index contributed by atoms with van der Waals surface area (Å²) in [5, 5.41) is 8.35. The molecule has 0 spiro atoms. The van der Waals surface area contributed by atoms with Crippen LogP contribution in [0.1, 0.15) is 20.3 Å². The summed E-state index contributed by atoms with van der Waals surface area (Å²) in [6.07, 6.45) is 0.706. The third-order valence-electron chi connectivity index (χ3n) is 1.59. The summed E-state index contributed by atoms with van der Waals surface area (Å²) >= 11 is 1.73. The Labute approximate surface area is 94.7 Å². The number of rotatable bonds is 8. The molecule has 0 aliphatic carbocycles. The quantitative estimate of drug-likeness (QED) is 0.618. The molecule has 0 saturated carbocycles. The highest BCUT2D eigenvalue weighted by Gasteiger charge is 2.17. The van der Waals surface area contributed by atoms with E-state index in [4.69, 9.17) is 5.11 Å². The van der Waals surface area contributed by atoms with Gasteiger partial charge in [0.2, 0.25) is 10.0 Å². The Hall–Kier alpha value is -0.270. The van der Waals surface area contributed by atoms with Crippen LogP contribution < -0.4 is 4.72 Å². The van der Waals surface area contributed by atoms with Crippen molar-refractivity contribution < 1.29 is 18.3 Å². The molecule has 0 aliphatic heterocycles. The van der Waals surface area contributed by atoms with E-state index in [1.807, 2.05) is 6.92 Å². The standard InChI is InChI=1S/C8H17NO4S2/c1-3-14-5-4-7(2)9-15(12,13)6-8(10)11/h7,9H,3-6H2,1-2H3,(H,10,11). The second kappa shape index (κ2) is 7.08. The van der Waals surface area contributed by atoms with Crippen LogP contribution >= 0.6 is 11.8 Å². The van der Waals surface area contributed by atoms with E-state index >= 15 is 0 Å². The topological polar surface area (TPSA) is 83.5 Å². The molecule has 0 aliphatic rings. The van der Waals surface area contributed by atoms with Crippen LogP contribution in [0.4, 0.5) is 0 Å². The van der Waals surface area contributed by atoms with E-state index in [9.17, 15) is 13.2 Å². The number of carboxylic acid groups (broad SMARTS) is 1. The second-order valence-electron chi connectivity index (χ2n) is 3.16. The molecule has 0 amide bonds. The summed E-state index contributed by atoms with van der Waals surface area (Å²) in [6, 6.07) is -0.214. The number of aliphatic carboxylic acids is 1. The Morgan fingerprint density at radius 2 is 2.13 bits per heavy atom. The zero-order valence-electron chi connectivity index (χ0n) is 8.89. The lowest BCUT2D eigenvalue weighted by Gasteiger charge is -2.12. The smallest absolute Gasteiger partial charge is 0.320 e. The first-order valence-corrected chi connectivity index (χ1v) is 7.47. The molecule has 1 unspecified atom stereocenters. The molecule has 90 valence electrons.